The van der Waals surface area contributed by atoms with Gasteiger partial charge in [-0.15, -0.1) is 0 Å². The predicted molar refractivity (Wildman–Crippen MR) is 109 cm³/mol. The number of carbonyl (C=O) groups excluding carboxylic acids is 3. The Morgan fingerprint density at radius 1 is 1.03 bits per heavy atom. The molecular weight excluding hydrogens is 410 g/mol. The summed E-state index contributed by atoms with van der Waals surface area (Å²) in [5.41, 5.74) is 0. The molecule has 1 rings (SSSR count). The number of hydrogen-bond acceptors (Lipinski definition) is 8. The molecule has 31 heavy (non-hydrogen) atoms. The molecule has 0 radical (unpaired) electrons. The fraction of sp³-hybridized carbons (Fsp3) is 0.810. The van der Waals surface area contributed by atoms with Crippen LogP contribution in [0.1, 0.15) is 59.8 Å². The zero-order chi connectivity index (χ0) is 23.4. The van der Waals surface area contributed by atoms with Crippen molar-refractivity contribution in [1.29, 1.82) is 0 Å². The van der Waals surface area contributed by atoms with Crippen molar-refractivity contribution in [3.63, 3.8) is 0 Å². The molecule has 0 aromatic rings. The fourth-order valence-corrected chi connectivity index (χ4v) is 3.51. The topological polar surface area (TPSA) is 137 Å². The van der Waals surface area contributed by atoms with Crippen molar-refractivity contribution in [2.24, 2.45) is 5.92 Å². The second kappa shape index (κ2) is 14.1. The summed E-state index contributed by atoms with van der Waals surface area (Å²) in [5.74, 6) is -1.94. The average Bonchev–Trinajstić information content (AvgIpc) is 2.69. The van der Waals surface area contributed by atoms with Crippen LogP contribution in [-0.4, -0.2) is 73.1 Å². The number of Topliss-reactive ketones (excluding diaryl/α,β-unsaturated/α-hetero) is 1. The van der Waals surface area contributed by atoms with Crippen LogP contribution in [0.4, 0.5) is 0 Å². The minimum Gasteiger partial charge on any atom is -0.481 e. The lowest BCUT2D eigenvalue weighted by Crippen LogP contribution is -2.62. The molecule has 10 heteroatoms. The van der Waals surface area contributed by atoms with Gasteiger partial charge in [-0.3, -0.25) is 19.2 Å². The number of nitrogens with one attached hydrogen (secondary N) is 1. The third-order valence-corrected chi connectivity index (χ3v) is 5.01. The van der Waals surface area contributed by atoms with E-state index in [0.29, 0.717) is 19.4 Å². The molecule has 10 nitrogen and oxygen atoms in total. The Morgan fingerprint density at radius 2 is 1.74 bits per heavy atom. The van der Waals surface area contributed by atoms with E-state index in [4.69, 9.17) is 24.1 Å². The van der Waals surface area contributed by atoms with Crippen LogP contribution >= 0.6 is 0 Å². The zero-order valence-electron chi connectivity index (χ0n) is 18.8. The number of hydrogen-bond donors (Lipinski definition) is 2. The summed E-state index contributed by atoms with van der Waals surface area (Å²) in [6, 6.07) is -0.647. The maximum Gasteiger partial charge on any atom is 0.303 e. The summed E-state index contributed by atoms with van der Waals surface area (Å²) < 4.78 is 22.7. The van der Waals surface area contributed by atoms with Crippen molar-refractivity contribution in [2.75, 3.05) is 19.8 Å². The average molecular weight is 446 g/mol. The summed E-state index contributed by atoms with van der Waals surface area (Å²) in [6.45, 7) is 7.35. The molecule has 1 heterocycles. The molecule has 1 fully saturated rings. The van der Waals surface area contributed by atoms with Crippen molar-refractivity contribution in [3.05, 3.63) is 0 Å². The Hall–Kier alpha value is -2.04. The number of rotatable bonds is 14. The van der Waals surface area contributed by atoms with E-state index in [-0.39, 0.29) is 56.2 Å². The molecule has 1 aliphatic rings. The molecule has 0 saturated carbocycles. The molecule has 0 aliphatic carbocycles. The van der Waals surface area contributed by atoms with Gasteiger partial charge in [-0.2, -0.15) is 0 Å². The van der Waals surface area contributed by atoms with Gasteiger partial charge in [0.05, 0.1) is 25.7 Å². The Labute approximate surface area is 182 Å². The SMILES string of the molecule is CCC1OC(OCCOCCCC(=O)CCC(=O)O)C(NC(C)=O)C(OC(C)=O)C1C. The lowest BCUT2D eigenvalue weighted by Gasteiger charge is -2.44. The number of carboxylic acids is 1. The number of carbonyl (C=O) groups is 4. The monoisotopic (exact) mass is 445 g/mol. The molecule has 0 spiro atoms. The van der Waals surface area contributed by atoms with Gasteiger partial charge in [0.25, 0.3) is 0 Å². The first kappa shape index (κ1) is 27.0. The van der Waals surface area contributed by atoms with Crippen molar-refractivity contribution in [3.8, 4) is 0 Å². The number of aliphatic carboxylic acids is 1. The molecule has 0 aromatic carbocycles. The maximum atomic E-state index is 11.7. The van der Waals surface area contributed by atoms with Crippen LogP contribution in [0.2, 0.25) is 0 Å². The highest BCUT2D eigenvalue weighted by atomic mass is 16.7. The van der Waals surface area contributed by atoms with Crippen molar-refractivity contribution < 1.29 is 43.2 Å². The maximum absolute atomic E-state index is 11.7. The molecule has 178 valence electrons. The molecule has 1 amide bonds. The number of carboxylic acid groups (broad SMARTS) is 1. The molecule has 1 saturated heterocycles. The first-order valence-corrected chi connectivity index (χ1v) is 10.7. The highest BCUT2D eigenvalue weighted by molar-refractivity contribution is 5.82. The summed E-state index contributed by atoms with van der Waals surface area (Å²) in [6.07, 6.45) is -0.242. The van der Waals surface area contributed by atoms with Crippen molar-refractivity contribution in [1.82, 2.24) is 5.32 Å². The Kier molecular flexibility index (Phi) is 12.3. The van der Waals surface area contributed by atoms with Crippen LogP contribution < -0.4 is 5.32 Å². The van der Waals surface area contributed by atoms with Crippen molar-refractivity contribution >= 4 is 23.6 Å². The van der Waals surface area contributed by atoms with Gasteiger partial charge in [0.15, 0.2) is 6.29 Å². The minimum absolute atomic E-state index is 0.0303. The zero-order valence-corrected chi connectivity index (χ0v) is 18.8. The van der Waals surface area contributed by atoms with Crippen LogP contribution in [0.5, 0.6) is 0 Å². The van der Waals surface area contributed by atoms with Crippen LogP contribution in [0, 0.1) is 5.92 Å². The van der Waals surface area contributed by atoms with E-state index in [1.165, 1.54) is 13.8 Å². The summed E-state index contributed by atoms with van der Waals surface area (Å²) >= 11 is 0. The van der Waals surface area contributed by atoms with Gasteiger partial charge < -0.3 is 29.4 Å². The van der Waals surface area contributed by atoms with E-state index < -0.39 is 30.4 Å². The molecule has 5 atom stereocenters. The summed E-state index contributed by atoms with van der Waals surface area (Å²) in [4.78, 5) is 45.2. The standard InChI is InChI=1S/C21H35NO9/c1-5-17-13(2)20(30-15(4)24)19(22-14(3)23)21(31-17)29-12-11-28-10-6-7-16(25)8-9-18(26)27/h13,17,19-21H,5-12H2,1-4H3,(H,22,23)(H,26,27). The van der Waals surface area contributed by atoms with Gasteiger partial charge in [0.1, 0.15) is 17.9 Å². The normalized spacial score (nSPS) is 25.6. The number of ether oxygens (including phenoxy) is 4. The summed E-state index contributed by atoms with van der Waals surface area (Å²) in [5, 5.41) is 11.3. The van der Waals surface area contributed by atoms with Crippen LogP contribution in [0.15, 0.2) is 0 Å². The minimum atomic E-state index is -0.986. The Morgan fingerprint density at radius 3 is 2.32 bits per heavy atom. The fourth-order valence-electron chi connectivity index (χ4n) is 3.51. The number of esters is 1. The number of ketones is 1. The third-order valence-electron chi connectivity index (χ3n) is 5.01. The van der Waals surface area contributed by atoms with E-state index in [2.05, 4.69) is 5.32 Å². The number of amides is 1. The third kappa shape index (κ3) is 10.2. The first-order valence-electron chi connectivity index (χ1n) is 10.7. The molecule has 0 aromatic heterocycles. The van der Waals surface area contributed by atoms with Gasteiger partial charge in [-0.25, -0.2) is 0 Å². The van der Waals surface area contributed by atoms with E-state index in [0.717, 1.165) is 0 Å². The van der Waals surface area contributed by atoms with Gasteiger partial charge in [0, 0.05) is 39.2 Å². The molecule has 5 unspecified atom stereocenters. The van der Waals surface area contributed by atoms with E-state index in [9.17, 15) is 19.2 Å². The lowest BCUT2D eigenvalue weighted by molar-refractivity contribution is -0.255. The van der Waals surface area contributed by atoms with Gasteiger partial charge in [-0.1, -0.05) is 13.8 Å². The van der Waals surface area contributed by atoms with Crippen molar-refractivity contribution in [2.45, 2.75) is 84.3 Å². The molecule has 2 N–H and O–H groups in total. The predicted octanol–water partition coefficient (Wildman–Crippen LogP) is 1.44. The quantitative estimate of drug-likeness (QED) is 0.300. The van der Waals surface area contributed by atoms with E-state index in [1.54, 1.807) is 0 Å². The van der Waals surface area contributed by atoms with Crippen LogP contribution in [0.25, 0.3) is 0 Å². The molecular formula is C21H35NO9. The molecule has 1 aliphatic heterocycles. The van der Waals surface area contributed by atoms with E-state index in [1.807, 2.05) is 13.8 Å². The van der Waals surface area contributed by atoms with Crippen LogP contribution in [-0.2, 0) is 38.1 Å². The lowest BCUT2D eigenvalue weighted by atomic mass is 9.87. The van der Waals surface area contributed by atoms with Crippen LogP contribution in [0.3, 0.4) is 0 Å². The highest BCUT2D eigenvalue weighted by Crippen LogP contribution is 2.30. The largest absolute Gasteiger partial charge is 0.481 e. The van der Waals surface area contributed by atoms with Gasteiger partial charge in [-0.05, 0) is 12.8 Å². The van der Waals surface area contributed by atoms with Gasteiger partial charge >= 0.3 is 11.9 Å². The highest BCUT2D eigenvalue weighted by Gasteiger charge is 2.46. The Bertz CT molecular complexity index is 610. The Balaban J connectivity index is 2.48. The second-order valence-electron chi connectivity index (χ2n) is 7.63. The molecule has 0 bridgehead atoms. The summed E-state index contributed by atoms with van der Waals surface area (Å²) in [7, 11) is 0. The first-order chi connectivity index (χ1) is 14.6. The smallest absolute Gasteiger partial charge is 0.303 e. The van der Waals surface area contributed by atoms with E-state index >= 15 is 0 Å². The van der Waals surface area contributed by atoms with Gasteiger partial charge in [0.2, 0.25) is 5.91 Å². The second-order valence-corrected chi connectivity index (χ2v) is 7.63.